The number of carbonyl (C=O) groups is 1. The molecule has 2 rings (SSSR count). The SMILES string of the molecule is Cn1ncnc1NC(=O)COc1ccccc1C(N)=S. The van der Waals surface area contributed by atoms with Crippen LogP contribution in [0.1, 0.15) is 5.56 Å². The zero-order chi connectivity index (χ0) is 14.5. The van der Waals surface area contributed by atoms with Gasteiger partial charge in [0.15, 0.2) is 6.61 Å². The van der Waals surface area contributed by atoms with Gasteiger partial charge in [0.25, 0.3) is 5.91 Å². The van der Waals surface area contributed by atoms with Crippen molar-refractivity contribution in [2.24, 2.45) is 12.8 Å². The summed E-state index contributed by atoms with van der Waals surface area (Å²) in [7, 11) is 1.67. The Bertz CT molecular complexity index is 640. The van der Waals surface area contributed by atoms with E-state index in [0.717, 1.165) is 0 Å². The summed E-state index contributed by atoms with van der Waals surface area (Å²) < 4.78 is 6.86. The number of anilines is 1. The van der Waals surface area contributed by atoms with Crippen molar-refractivity contribution in [2.75, 3.05) is 11.9 Å². The normalized spacial score (nSPS) is 10.1. The van der Waals surface area contributed by atoms with Crippen molar-refractivity contribution >= 4 is 29.1 Å². The van der Waals surface area contributed by atoms with Gasteiger partial charge in [0.1, 0.15) is 17.1 Å². The Balaban J connectivity index is 1.97. The number of thiocarbonyl (C=S) groups is 1. The van der Waals surface area contributed by atoms with Crippen LogP contribution in [0, 0.1) is 0 Å². The number of hydrogen-bond acceptors (Lipinski definition) is 5. The van der Waals surface area contributed by atoms with Crippen molar-refractivity contribution < 1.29 is 9.53 Å². The number of aryl methyl sites for hydroxylation is 1. The lowest BCUT2D eigenvalue weighted by Gasteiger charge is -2.10. The quantitative estimate of drug-likeness (QED) is 0.777. The summed E-state index contributed by atoms with van der Waals surface area (Å²) >= 11 is 4.92. The minimum absolute atomic E-state index is 0.174. The molecule has 0 unspecified atom stereocenters. The van der Waals surface area contributed by atoms with E-state index in [9.17, 15) is 4.79 Å². The van der Waals surface area contributed by atoms with Crippen LogP contribution in [0.25, 0.3) is 0 Å². The van der Waals surface area contributed by atoms with Gasteiger partial charge in [-0.2, -0.15) is 10.1 Å². The molecule has 0 bridgehead atoms. The topological polar surface area (TPSA) is 95.1 Å². The molecule has 0 aliphatic rings. The number of benzene rings is 1. The van der Waals surface area contributed by atoms with Crippen molar-refractivity contribution in [2.45, 2.75) is 0 Å². The lowest BCUT2D eigenvalue weighted by atomic mass is 10.2. The third-order valence-corrected chi connectivity index (χ3v) is 2.69. The van der Waals surface area contributed by atoms with Crippen LogP contribution in [0.4, 0.5) is 5.95 Å². The van der Waals surface area contributed by atoms with Gasteiger partial charge in [-0.3, -0.25) is 10.1 Å². The van der Waals surface area contributed by atoms with Crippen molar-refractivity contribution in [1.29, 1.82) is 0 Å². The van der Waals surface area contributed by atoms with Gasteiger partial charge in [-0.15, -0.1) is 0 Å². The number of para-hydroxylation sites is 1. The van der Waals surface area contributed by atoms with Crippen LogP contribution in [0.15, 0.2) is 30.6 Å². The fourth-order valence-corrected chi connectivity index (χ4v) is 1.68. The zero-order valence-electron chi connectivity index (χ0n) is 10.7. The predicted octanol–water partition coefficient (Wildman–Crippen LogP) is 0.467. The summed E-state index contributed by atoms with van der Waals surface area (Å²) in [6.45, 7) is -0.174. The largest absolute Gasteiger partial charge is 0.483 e. The lowest BCUT2D eigenvalue weighted by Crippen LogP contribution is -2.23. The van der Waals surface area contributed by atoms with E-state index in [2.05, 4.69) is 15.4 Å². The van der Waals surface area contributed by atoms with Crippen LogP contribution in [0.3, 0.4) is 0 Å². The fourth-order valence-electron chi connectivity index (χ4n) is 1.51. The smallest absolute Gasteiger partial charge is 0.264 e. The Labute approximate surface area is 120 Å². The van der Waals surface area contributed by atoms with Crippen LogP contribution in [0.2, 0.25) is 0 Å². The number of ether oxygens (including phenoxy) is 1. The first kappa shape index (κ1) is 13.9. The van der Waals surface area contributed by atoms with Crippen LogP contribution in [0.5, 0.6) is 5.75 Å². The first-order valence-corrected chi connectivity index (χ1v) is 6.14. The van der Waals surface area contributed by atoms with Gasteiger partial charge in [-0.25, -0.2) is 4.68 Å². The van der Waals surface area contributed by atoms with Gasteiger partial charge in [-0.05, 0) is 12.1 Å². The highest BCUT2D eigenvalue weighted by atomic mass is 32.1. The Kier molecular flexibility index (Phi) is 4.26. The molecule has 1 aromatic heterocycles. The second-order valence-electron chi connectivity index (χ2n) is 3.90. The maximum absolute atomic E-state index is 11.7. The number of carbonyl (C=O) groups excluding carboxylic acids is 1. The van der Waals surface area contributed by atoms with Gasteiger partial charge in [0, 0.05) is 7.05 Å². The number of aromatic nitrogens is 3. The second kappa shape index (κ2) is 6.11. The van der Waals surface area contributed by atoms with Gasteiger partial charge < -0.3 is 10.5 Å². The molecule has 0 radical (unpaired) electrons. The van der Waals surface area contributed by atoms with Gasteiger partial charge in [-0.1, -0.05) is 24.4 Å². The average Bonchev–Trinajstić information content (AvgIpc) is 2.82. The lowest BCUT2D eigenvalue weighted by molar-refractivity contribution is -0.118. The van der Waals surface area contributed by atoms with Gasteiger partial charge in [0.2, 0.25) is 5.95 Å². The highest BCUT2D eigenvalue weighted by Gasteiger charge is 2.10. The van der Waals surface area contributed by atoms with Crippen LogP contribution >= 0.6 is 12.2 Å². The highest BCUT2D eigenvalue weighted by Crippen LogP contribution is 2.17. The average molecular weight is 291 g/mol. The second-order valence-corrected chi connectivity index (χ2v) is 4.34. The summed E-state index contributed by atoms with van der Waals surface area (Å²) in [5, 5.41) is 6.41. The first-order chi connectivity index (χ1) is 9.58. The molecule has 0 aliphatic carbocycles. The van der Waals surface area contributed by atoms with E-state index in [1.807, 2.05) is 0 Å². The molecule has 0 atom stereocenters. The summed E-state index contributed by atoms with van der Waals surface area (Å²) in [5.74, 6) is 0.466. The molecule has 0 fully saturated rings. The first-order valence-electron chi connectivity index (χ1n) is 5.73. The van der Waals surface area contributed by atoms with E-state index in [1.54, 1.807) is 31.3 Å². The Morgan fingerprint density at radius 3 is 2.90 bits per heavy atom. The molecule has 1 aromatic carbocycles. The number of amides is 1. The van der Waals surface area contributed by atoms with Crippen molar-refractivity contribution in [3.8, 4) is 5.75 Å². The summed E-state index contributed by atoms with van der Waals surface area (Å²) in [6.07, 6.45) is 1.35. The molecular formula is C12H13N5O2S. The molecule has 104 valence electrons. The number of rotatable bonds is 5. The molecule has 0 aliphatic heterocycles. The van der Waals surface area contributed by atoms with E-state index in [4.69, 9.17) is 22.7 Å². The molecule has 8 heteroatoms. The van der Waals surface area contributed by atoms with E-state index in [1.165, 1.54) is 11.0 Å². The van der Waals surface area contributed by atoms with E-state index in [-0.39, 0.29) is 17.5 Å². The summed E-state index contributed by atoms with van der Waals surface area (Å²) in [6, 6.07) is 7.00. The van der Waals surface area contributed by atoms with Crippen molar-refractivity contribution in [3.05, 3.63) is 36.2 Å². The molecule has 0 saturated heterocycles. The van der Waals surface area contributed by atoms with E-state index in [0.29, 0.717) is 17.3 Å². The predicted molar refractivity (Wildman–Crippen MR) is 77.5 cm³/mol. The summed E-state index contributed by atoms with van der Waals surface area (Å²) in [4.78, 5) is 15.8. The number of hydrogen-bond donors (Lipinski definition) is 2. The molecule has 20 heavy (non-hydrogen) atoms. The van der Waals surface area contributed by atoms with Crippen LogP contribution < -0.4 is 15.8 Å². The Hall–Kier alpha value is -2.48. The number of nitrogens with zero attached hydrogens (tertiary/aromatic N) is 3. The minimum Gasteiger partial charge on any atom is -0.483 e. The molecular weight excluding hydrogens is 278 g/mol. The third-order valence-electron chi connectivity index (χ3n) is 2.47. The van der Waals surface area contributed by atoms with E-state index < -0.39 is 0 Å². The number of nitrogens with one attached hydrogen (secondary N) is 1. The molecule has 1 amide bonds. The third kappa shape index (κ3) is 3.29. The molecule has 3 N–H and O–H groups in total. The maximum Gasteiger partial charge on any atom is 0.264 e. The molecule has 1 heterocycles. The van der Waals surface area contributed by atoms with Crippen LogP contribution in [-0.2, 0) is 11.8 Å². The molecule has 0 saturated carbocycles. The summed E-state index contributed by atoms with van der Waals surface area (Å²) in [5.41, 5.74) is 6.17. The van der Waals surface area contributed by atoms with Gasteiger partial charge in [0.05, 0.1) is 5.56 Å². The van der Waals surface area contributed by atoms with Crippen molar-refractivity contribution in [1.82, 2.24) is 14.8 Å². The zero-order valence-corrected chi connectivity index (χ0v) is 11.6. The standard InChI is InChI=1S/C12H13N5O2S/c1-17-12(14-7-15-17)16-10(18)6-19-9-5-3-2-4-8(9)11(13)20/h2-5,7H,6H2,1H3,(H2,13,20)(H,14,15,16,18). The maximum atomic E-state index is 11.7. The molecule has 2 aromatic rings. The minimum atomic E-state index is -0.348. The monoisotopic (exact) mass is 291 g/mol. The Morgan fingerprint density at radius 1 is 1.50 bits per heavy atom. The van der Waals surface area contributed by atoms with Gasteiger partial charge >= 0.3 is 0 Å². The Morgan fingerprint density at radius 2 is 2.25 bits per heavy atom. The van der Waals surface area contributed by atoms with Crippen LogP contribution in [-0.4, -0.2) is 32.3 Å². The fraction of sp³-hybridized carbons (Fsp3) is 0.167. The van der Waals surface area contributed by atoms with Crippen molar-refractivity contribution in [3.63, 3.8) is 0 Å². The molecule has 7 nitrogen and oxygen atoms in total. The van der Waals surface area contributed by atoms with E-state index >= 15 is 0 Å². The molecule has 0 spiro atoms. The highest BCUT2D eigenvalue weighted by molar-refractivity contribution is 7.80. The number of nitrogens with two attached hydrogens (primary N) is 1.